The van der Waals surface area contributed by atoms with Gasteiger partial charge in [0.2, 0.25) is 0 Å². The summed E-state index contributed by atoms with van der Waals surface area (Å²) < 4.78 is 13.0. The summed E-state index contributed by atoms with van der Waals surface area (Å²) in [6.07, 6.45) is 0. The number of nitriles is 1. The lowest BCUT2D eigenvalue weighted by Gasteiger charge is -2.37. The first-order chi connectivity index (χ1) is 10.0. The minimum Gasteiger partial charge on any atom is -0.331 e. The Bertz CT molecular complexity index is 530. The van der Waals surface area contributed by atoms with Crippen LogP contribution >= 0.6 is 0 Å². The smallest absolute Gasteiger partial charge is 0.319 e. The second kappa shape index (κ2) is 6.55. The molecule has 1 saturated heterocycles. The third-order valence-electron chi connectivity index (χ3n) is 3.64. The molecule has 0 N–H and O–H groups in total. The first-order valence-electron chi connectivity index (χ1n) is 6.88. The maximum absolute atomic E-state index is 13.0. The molecule has 1 fully saturated rings. The second-order valence-corrected chi connectivity index (χ2v) is 5.28. The minimum atomic E-state index is -0.401. The molecule has 21 heavy (non-hydrogen) atoms. The first-order valence-corrected chi connectivity index (χ1v) is 6.88. The Kier molecular flexibility index (Phi) is 4.76. The largest absolute Gasteiger partial charge is 0.331 e. The van der Waals surface area contributed by atoms with Crippen molar-refractivity contribution in [3.05, 3.63) is 35.6 Å². The predicted molar refractivity (Wildman–Crippen MR) is 77.0 cm³/mol. The van der Waals surface area contributed by atoms with Crippen LogP contribution in [0.5, 0.6) is 0 Å². The van der Waals surface area contributed by atoms with Crippen LogP contribution in [-0.4, -0.2) is 61.0 Å². The predicted octanol–water partition coefficient (Wildman–Crippen LogP) is 1.69. The third-order valence-corrected chi connectivity index (χ3v) is 3.64. The molecule has 0 aromatic heterocycles. The fourth-order valence-electron chi connectivity index (χ4n) is 2.47. The number of carbonyl (C=O) groups is 1. The van der Waals surface area contributed by atoms with Gasteiger partial charge >= 0.3 is 6.03 Å². The molecule has 0 bridgehead atoms. The van der Waals surface area contributed by atoms with Crippen molar-refractivity contribution in [1.82, 2.24) is 14.7 Å². The highest BCUT2D eigenvalue weighted by atomic mass is 19.1. The summed E-state index contributed by atoms with van der Waals surface area (Å²) >= 11 is 0. The minimum absolute atomic E-state index is 0.00931. The van der Waals surface area contributed by atoms with Crippen molar-refractivity contribution in [3.63, 3.8) is 0 Å². The Labute approximate surface area is 124 Å². The fourth-order valence-corrected chi connectivity index (χ4v) is 2.47. The highest BCUT2D eigenvalue weighted by Gasteiger charge is 2.27. The van der Waals surface area contributed by atoms with Crippen LogP contribution in [0, 0.1) is 17.1 Å². The summed E-state index contributed by atoms with van der Waals surface area (Å²) in [5.41, 5.74) is 0.784. The number of amides is 2. The van der Waals surface area contributed by atoms with Crippen molar-refractivity contribution in [2.75, 3.05) is 40.3 Å². The average Bonchev–Trinajstić information content (AvgIpc) is 2.50. The van der Waals surface area contributed by atoms with Gasteiger partial charge in [0, 0.05) is 40.3 Å². The highest BCUT2D eigenvalue weighted by Crippen LogP contribution is 2.22. The van der Waals surface area contributed by atoms with E-state index in [1.807, 2.05) is 4.90 Å². The van der Waals surface area contributed by atoms with E-state index >= 15 is 0 Å². The summed E-state index contributed by atoms with van der Waals surface area (Å²) in [5.74, 6) is -0.308. The molecule has 0 radical (unpaired) electrons. The van der Waals surface area contributed by atoms with Crippen LogP contribution in [0.3, 0.4) is 0 Å². The number of hydrogen-bond acceptors (Lipinski definition) is 3. The zero-order chi connectivity index (χ0) is 15.4. The molecule has 0 spiro atoms. The zero-order valence-electron chi connectivity index (χ0n) is 12.3. The van der Waals surface area contributed by atoms with E-state index in [9.17, 15) is 14.4 Å². The number of carbonyl (C=O) groups excluding carboxylic acids is 1. The van der Waals surface area contributed by atoms with Crippen molar-refractivity contribution < 1.29 is 9.18 Å². The van der Waals surface area contributed by atoms with Gasteiger partial charge < -0.3 is 9.80 Å². The summed E-state index contributed by atoms with van der Waals surface area (Å²) in [4.78, 5) is 17.2. The third kappa shape index (κ3) is 3.50. The van der Waals surface area contributed by atoms with Crippen molar-refractivity contribution in [2.24, 2.45) is 0 Å². The standard InChI is InChI=1S/C15H19FN4O/c1-18(2)15(21)20-9-7-19(8-10-20)14(11-17)12-3-5-13(16)6-4-12/h3-6,14H,7-10H2,1-2H3. The number of benzene rings is 1. The number of urea groups is 1. The van der Waals surface area contributed by atoms with Crippen molar-refractivity contribution in [2.45, 2.75) is 6.04 Å². The quantitative estimate of drug-likeness (QED) is 0.833. The van der Waals surface area contributed by atoms with Gasteiger partial charge in [-0.15, -0.1) is 0 Å². The van der Waals surface area contributed by atoms with Crippen LogP contribution in [0.2, 0.25) is 0 Å². The zero-order valence-corrected chi connectivity index (χ0v) is 12.3. The van der Waals surface area contributed by atoms with Crippen molar-refractivity contribution in [3.8, 4) is 6.07 Å². The van der Waals surface area contributed by atoms with Gasteiger partial charge in [0.25, 0.3) is 0 Å². The van der Waals surface area contributed by atoms with Crippen LogP contribution in [0.15, 0.2) is 24.3 Å². The summed E-state index contributed by atoms with van der Waals surface area (Å²) in [7, 11) is 3.45. The first kappa shape index (κ1) is 15.3. The van der Waals surface area contributed by atoms with Gasteiger partial charge in [-0.3, -0.25) is 4.90 Å². The second-order valence-electron chi connectivity index (χ2n) is 5.28. The Morgan fingerprint density at radius 2 is 1.81 bits per heavy atom. The fraction of sp³-hybridized carbons (Fsp3) is 0.467. The number of nitrogens with zero attached hydrogens (tertiary/aromatic N) is 4. The molecule has 1 heterocycles. The van der Waals surface area contributed by atoms with Gasteiger partial charge in [-0.05, 0) is 17.7 Å². The summed E-state index contributed by atoms with van der Waals surface area (Å²) in [5, 5.41) is 9.39. The number of hydrogen-bond donors (Lipinski definition) is 0. The Morgan fingerprint density at radius 3 is 2.29 bits per heavy atom. The molecular weight excluding hydrogens is 271 g/mol. The highest BCUT2D eigenvalue weighted by molar-refractivity contribution is 5.73. The maximum atomic E-state index is 13.0. The molecule has 1 atom stereocenters. The molecule has 1 aromatic rings. The molecule has 0 saturated carbocycles. The van der Waals surface area contributed by atoms with E-state index in [1.165, 1.54) is 12.1 Å². The lowest BCUT2D eigenvalue weighted by atomic mass is 10.1. The molecule has 2 amide bonds. The monoisotopic (exact) mass is 290 g/mol. The molecule has 1 aromatic carbocycles. The molecule has 1 aliphatic heterocycles. The maximum Gasteiger partial charge on any atom is 0.319 e. The van der Waals surface area contributed by atoms with E-state index in [0.29, 0.717) is 26.2 Å². The van der Waals surface area contributed by atoms with Gasteiger partial charge in [-0.25, -0.2) is 9.18 Å². The number of rotatable bonds is 2. The van der Waals surface area contributed by atoms with Gasteiger partial charge in [0.15, 0.2) is 0 Å². The van der Waals surface area contributed by atoms with Crippen LogP contribution in [0.4, 0.5) is 9.18 Å². The van der Waals surface area contributed by atoms with E-state index < -0.39 is 6.04 Å². The molecule has 112 valence electrons. The van der Waals surface area contributed by atoms with E-state index in [1.54, 1.807) is 36.0 Å². The molecule has 5 nitrogen and oxygen atoms in total. The summed E-state index contributed by atoms with van der Waals surface area (Å²) in [6.45, 7) is 2.46. The molecule has 2 rings (SSSR count). The van der Waals surface area contributed by atoms with Crippen LogP contribution in [0.1, 0.15) is 11.6 Å². The van der Waals surface area contributed by atoms with Crippen LogP contribution in [-0.2, 0) is 0 Å². The van der Waals surface area contributed by atoms with E-state index in [0.717, 1.165) is 5.56 Å². The lowest BCUT2D eigenvalue weighted by Crippen LogP contribution is -2.52. The van der Waals surface area contributed by atoms with Crippen LogP contribution in [0.25, 0.3) is 0 Å². The SMILES string of the molecule is CN(C)C(=O)N1CCN(C(C#N)c2ccc(F)cc2)CC1. The van der Waals surface area contributed by atoms with Gasteiger partial charge in [-0.2, -0.15) is 5.26 Å². The van der Waals surface area contributed by atoms with E-state index in [2.05, 4.69) is 6.07 Å². The Hall–Kier alpha value is -2.13. The van der Waals surface area contributed by atoms with Crippen molar-refractivity contribution in [1.29, 1.82) is 5.26 Å². The summed E-state index contributed by atoms with van der Waals surface area (Å²) in [6, 6.07) is 7.87. The Morgan fingerprint density at radius 1 is 1.24 bits per heavy atom. The van der Waals surface area contributed by atoms with Gasteiger partial charge in [0.1, 0.15) is 11.9 Å². The molecular formula is C15H19FN4O. The molecule has 1 aliphatic rings. The topological polar surface area (TPSA) is 50.6 Å². The van der Waals surface area contributed by atoms with E-state index in [4.69, 9.17) is 0 Å². The average molecular weight is 290 g/mol. The number of halogens is 1. The number of piperazine rings is 1. The molecule has 1 unspecified atom stereocenters. The lowest BCUT2D eigenvalue weighted by molar-refractivity contribution is 0.111. The Balaban J connectivity index is 2.01. The van der Waals surface area contributed by atoms with Gasteiger partial charge in [-0.1, -0.05) is 12.1 Å². The van der Waals surface area contributed by atoms with Crippen molar-refractivity contribution >= 4 is 6.03 Å². The molecule has 0 aliphatic carbocycles. The van der Waals surface area contributed by atoms with Gasteiger partial charge in [0.05, 0.1) is 6.07 Å². The van der Waals surface area contributed by atoms with Crippen LogP contribution < -0.4 is 0 Å². The molecule has 6 heteroatoms. The van der Waals surface area contributed by atoms with E-state index in [-0.39, 0.29) is 11.8 Å². The normalized spacial score (nSPS) is 17.1.